The van der Waals surface area contributed by atoms with Gasteiger partial charge in [0.05, 0.1) is 17.7 Å². The minimum atomic E-state index is -1.54. The molecule has 0 heterocycles. The van der Waals surface area contributed by atoms with Crippen LogP contribution in [-0.2, 0) is 0 Å². The van der Waals surface area contributed by atoms with Crippen LogP contribution in [0.25, 0.3) is 0 Å². The van der Waals surface area contributed by atoms with Crippen LogP contribution in [0.15, 0.2) is 36.4 Å². The highest BCUT2D eigenvalue weighted by Crippen LogP contribution is 2.37. The fourth-order valence-corrected chi connectivity index (χ4v) is 2.15. The summed E-state index contributed by atoms with van der Waals surface area (Å²) in [5, 5.41) is 10.4. The van der Waals surface area contributed by atoms with Crippen molar-refractivity contribution in [2.75, 3.05) is 7.11 Å². The van der Waals surface area contributed by atoms with Crippen LogP contribution in [0.3, 0.4) is 0 Å². The molecule has 2 rings (SSSR count). The van der Waals surface area contributed by atoms with Crippen molar-refractivity contribution in [3.8, 4) is 5.75 Å². The van der Waals surface area contributed by atoms with Crippen LogP contribution in [0.5, 0.6) is 5.75 Å². The molecule has 0 radical (unpaired) electrons. The van der Waals surface area contributed by atoms with E-state index < -0.39 is 23.3 Å². The van der Waals surface area contributed by atoms with Crippen LogP contribution in [-0.4, -0.2) is 12.2 Å². The van der Waals surface area contributed by atoms with Crippen molar-refractivity contribution in [1.82, 2.24) is 0 Å². The first kappa shape index (κ1) is 13.8. The molecule has 0 bridgehead atoms. The van der Waals surface area contributed by atoms with Gasteiger partial charge in [0.1, 0.15) is 23.5 Å². The molecule has 0 aliphatic rings. The van der Waals surface area contributed by atoms with E-state index in [1.807, 2.05) is 0 Å². The molecule has 19 heavy (non-hydrogen) atoms. The third kappa shape index (κ3) is 2.55. The highest BCUT2D eigenvalue weighted by atomic mass is 35.5. The molecule has 0 fully saturated rings. The molecule has 2 nitrogen and oxygen atoms in total. The Hall–Kier alpha value is -1.65. The summed E-state index contributed by atoms with van der Waals surface area (Å²) < 4.78 is 32.4. The zero-order valence-electron chi connectivity index (χ0n) is 10.0. The summed E-state index contributed by atoms with van der Waals surface area (Å²) in [4.78, 5) is 0. The number of hydrogen-bond donors (Lipinski definition) is 1. The van der Waals surface area contributed by atoms with Gasteiger partial charge in [-0.1, -0.05) is 23.7 Å². The molecule has 0 saturated heterocycles. The van der Waals surface area contributed by atoms with Gasteiger partial charge in [-0.2, -0.15) is 0 Å². The van der Waals surface area contributed by atoms with Crippen LogP contribution in [0, 0.1) is 11.6 Å². The van der Waals surface area contributed by atoms with Gasteiger partial charge < -0.3 is 9.84 Å². The maximum absolute atomic E-state index is 13.7. The first-order valence-corrected chi connectivity index (χ1v) is 5.88. The van der Waals surface area contributed by atoms with Crippen molar-refractivity contribution in [3.05, 3.63) is 64.2 Å². The number of hydrogen-bond acceptors (Lipinski definition) is 2. The number of rotatable bonds is 3. The maximum atomic E-state index is 13.7. The lowest BCUT2D eigenvalue weighted by atomic mass is 9.99. The second kappa shape index (κ2) is 5.55. The predicted octanol–water partition coefficient (Wildman–Crippen LogP) is 3.71. The SMILES string of the molecule is COc1cccc(Cl)c1C(O)c1c(F)cccc1F. The van der Waals surface area contributed by atoms with E-state index in [0.717, 1.165) is 12.1 Å². The van der Waals surface area contributed by atoms with Gasteiger partial charge in [0.15, 0.2) is 0 Å². The van der Waals surface area contributed by atoms with E-state index in [9.17, 15) is 13.9 Å². The molecule has 0 spiro atoms. The second-order valence-corrected chi connectivity index (χ2v) is 4.30. The van der Waals surface area contributed by atoms with Crippen molar-refractivity contribution in [1.29, 1.82) is 0 Å². The van der Waals surface area contributed by atoms with E-state index in [0.29, 0.717) is 0 Å². The summed E-state index contributed by atoms with van der Waals surface area (Å²) in [6, 6.07) is 8.07. The molecule has 1 atom stereocenters. The number of methoxy groups -OCH3 is 1. The summed E-state index contributed by atoms with van der Waals surface area (Å²) >= 11 is 5.97. The molecule has 100 valence electrons. The van der Waals surface area contributed by atoms with Gasteiger partial charge >= 0.3 is 0 Å². The van der Waals surface area contributed by atoms with Crippen LogP contribution in [0.2, 0.25) is 5.02 Å². The Bertz CT molecular complexity index is 582. The standard InChI is InChI=1S/C14H11ClF2O2/c1-19-11-7-2-4-8(15)12(11)14(18)13-9(16)5-3-6-10(13)17/h2-7,14,18H,1H3. The Labute approximate surface area is 114 Å². The third-order valence-electron chi connectivity index (χ3n) is 2.78. The molecular weight excluding hydrogens is 274 g/mol. The summed E-state index contributed by atoms with van der Waals surface area (Å²) in [6.45, 7) is 0. The molecule has 0 aliphatic heterocycles. The lowest BCUT2D eigenvalue weighted by molar-refractivity contribution is 0.204. The van der Waals surface area contributed by atoms with Crippen molar-refractivity contribution in [3.63, 3.8) is 0 Å². The molecule has 2 aromatic carbocycles. The lowest BCUT2D eigenvalue weighted by Crippen LogP contribution is -2.08. The largest absolute Gasteiger partial charge is 0.496 e. The Morgan fingerprint density at radius 1 is 1.05 bits per heavy atom. The molecule has 5 heteroatoms. The number of benzene rings is 2. The average molecular weight is 285 g/mol. The van der Waals surface area contributed by atoms with Gasteiger partial charge in [0.25, 0.3) is 0 Å². The number of aliphatic hydroxyl groups is 1. The van der Waals surface area contributed by atoms with Gasteiger partial charge in [0.2, 0.25) is 0 Å². The quantitative estimate of drug-likeness (QED) is 0.931. The first-order chi connectivity index (χ1) is 9.06. The predicted molar refractivity (Wildman–Crippen MR) is 68.4 cm³/mol. The highest BCUT2D eigenvalue weighted by molar-refractivity contribution is 6.31. The monoisotopic (exact) mass is 284 g/mol. The number of ether oxygens (including phenoxy) is 1. The lowest BCUT2D eigenvalue weighted by Gasteiger charge is -2.17. The van der Waals surface area contributed by atoms with E-state index in [-0.39, 0.29) is 16.3 Å². The fourth-order valence-electron chi connectivity index (χ4n) is 1.88. The molecule has 2 aromatic rings. The summed E-state index contributed by atoms with van der Waals surface area (Å²) in [6.07, 6.45) is -1.54. The van der Waals surface area contributed by atoms with Gasteiger partial charge in [-0.05, 0) is 24.3 Å². The topological polar surface area (TPSA) is 29.5 Å². The highest BCUT2D eigenvalue weighted by Gasteiger charge is 2.24. The Balaban J connectivity index is 2.59. The van der Waals surface area contributed by atoms with E-state index >= 15 is 0 Å². The molecule has 0 amide bonds. The fraction of sp³-hybridized carbons (Fsp3) is 0.143. The smallest absolute Gasteiger partial charge is 0.132 e. The van der Waals surface area contributed by atoms with Crippen LogP contribution < -0.4 is 4.74 Å². The zero-order chi connectivity index (χ0) is 14.0. The van der Waals surface area contributed by atoms with Crippen LogP contribution in [0.4, 0.5) is 8.78 Å². The van der Waals surface area contributed by atoms with Gasteiger partial charge in [-0.15, -0.1) is 0 Å². The Morgan fingerprint density at radius 2 is 1.63 bits per heavy atom. The number of aliphatic hydroxyl groups excluding tert-OH is 1. The van der Waals surface area contributed by atoms with Crippen molar-refractivity contribution in [2.45, 2.75) is 6.10 Å². The van der Waals surface area contributed by atoms with E-state index in [4.69, 9.17) is 16.3 Å². The normalized spacial score (nSPS) is 12.3. The molecule has 0 aliphatic carbocycles. The van der Waals surface area contributed by atoms with Gasteiger partial charge in [0, 0.05) is 5.56 Å². The van der Waals surface area contributed by atoms with Gasteiger partial charge in [-0.25, -0.2) is 8.78 Å². The molecule has 1 N–H and O–H groups in total. The van der Waals surface area contributed by atoms with E-state index in [1.54, 1.807) is 12.1 Å². The zero-order valence-corrected chi connectivity index (χ0v) is 10.8. The van der Waals surface area contributed by atoms with Crippen LogP contribution in [0.1, 0.15) is 17.2 Å². The van der Waals surface area contributed by atoms with Crippen molar-refractivity contribution >= 4 is 11.6 Å². The van der Waals surface area contributed by atoms with E-state index in [2.05, 4.69) is 0 Å². The summed E-state index contributed by atoms with van der Waals surface area (Å²) in [5.74, 6) is -1.41. The third-order valence-corrected chi connectivity index (χ3v) is 3.11. The molecule has 1 unspecified atom stereocenters. The molecule has 0 saturated carbocycles. The average Bonchev–Trinajstić information content (AvgIpc) is 2.37. The molecular formula is C14H11ClF2O2. The van der Waals surface area contributed by atoms with Crippen molar-refractivity contribution in [2.24, 2.45) is 0 Å². The van der Waals surface area contributed by atoms with Crippen molar-refractivity contribution < 1.29 is 18.6 Å². The van der Waals surface area contributed by atoms with Gasteiger partial charge in [-0.3, -0.25) is 0 Å². The minimum Gasteiger partial charge on any atom is -0.496 e. The Morgan fingerprint density at radius 3 is 2.21 bits per heavy atom. The van der Waals surface area contributed by atoms with Crippen LogP contribution >= 0.6 is 11.6 Å². The first-order valence-electron chi connectivity index (χ1n) is 5.50. The number of halogens is 3. The summed E-state index contributed by atoms with van der Waals surface area (Å²) in [7, 11) is 1.39. The van der Waals surface area contributed by atoms with E-state index in [1.165, 1.54) is 19.2 Å². The Kier molecular flexibility index (Phi) is 4.02. The minimum absolute atomic E-state index is 0.135. The summed E-state index contributed by atoms with van der Waals surface area (Å²) in [5.41, 5.74) is -0.315. The molecule has 0 aromatic heterocycles. The second-order valence-electron chi connectivity index (χ2n) is 3.89. The maximum Gasteiger partial charge on any atom is 0.132 e.